The largest absolute Gasteiger partial charge is 0.316 e. The van der Waals surface area contributed by atoms with Crippen LogP contribution in [0.1, 0.15) is 12.5 Å². The van der Waals surface area contributed by atoms with E-state index in [2.05, 4.69) is 42.2 Å². The van der Waals surface area contributed by atoms with Crippen LogP contribution in [0.2, 0.25) is 0 Å². The molecular weight excluding hydrogens is 198 g/mol. The number of benzene rings is 1. The quantitative estimate of drug-likeness (QED) is 0.746. The summed E-state index contributed by atoms with van der Waals surface area (Å²) in [6.07, 6.45) is -0.184. The van der Waals surface area contributed by atoms with Gasteiger partial charge in [0, 0.05) is 25.6 Å². The van der Waals surface area contributed by atoms with E-state index >= 15 is 0 Å². The van der Waals surface area contributed by atoms with Crippen LogP contribution in [-0.4, -0.2) is 24.2 Å². The van der Waals surface area contributed by atoms with E-state index in [1.165, 1.54) is 5.56 Å². The Hall–Kier alpha value is -0.900. The first-order valence-electron chi connectivity index (χ1n) is 5.94. The van der Waals surface area contributed by atoms with Crippen molar-refractivity contribution in [1.29, 1.82) is 0 Å². The Morgan fingerprint density at radius 3 is 2.50 bits per heavy atom. The molecule has 1 aliphatic rings. The van der Waals surface area contributed by atoms with Crippen LogP contribution in [0, 0.1) is 11.8 Å². The van der Waals surface area contributed by atoms with Crippen LogP contribution < -0.4 is 11.5 Å². The third-order valence-corrected chi connectivity index (χ3v) is 3.49. The molecule has 0 saturated carbocycles. The number of nitrogens with two attached hydrogens (primary N) is 2. The molecule has 0 aliphatic carbocycles. The van der Waals surface area contributed by atoms with Gasteiger partial charge in [-0.1, -0.05) is 37.3 Å². The fourth-order valence-electron chi connectivity index (χ4n) is 2.57. The summed E-state index contributed by atoms with van der Waals surface area (Å²) in [4.78, 5) is 2.44. The first-order chi connectivity index (χ1) is 7.66. The summed E-state index contributed by atoms with van der Waals surface area (Å²) >= 11 is 0. The molecule has 1 aliphatic heterocycles. The fraction of sp³-hybridized carbons (Fsp3) is 0.538. The molecule has 1 aromatic carbocycles. The normalized spacial score (nSPS) is 26.5. The summed E-state index contributed by atoms with van der Waals surface area (Å²) in [5.74, 6) is 1.03. The summed E-state index contributed by atoms with van der Waals surface area (Å²) < 4.78 is 0. The molecule has 4 N–H and O–H groups in total. The topological polar surface area (TPSA) is 55.3 Å². The van der Waals surface area contributed by atoms with Gasteiger partial charge in [0.25, 0.3) is 0 Å². The van der Waals surface area contributed by atoms with E-state index in [4.69, 9.17) is 11.5 Å². The molecule has 0 amide bonds. The second-order valence-electron chi connectivity index (χ2n) is 4.90. The van der Waals surface area contributed by atoms with E-state index in [-0.39, 0.29) is 6.17 Å². The van der Waals surface area contributed by atoms with E-state index in [0.29, 0.717) is 11.8 Å². The Balaban J connectivity index is 1.94. The Kier molecular flexibility index (Phi) is 3.59. The van der Waals surface area contributed by atoms with E-state index in [1.54, 1.807) is 0 Å². The number of nitrogens with zero attached hydrogens (tertiary/aromatic N) is 1. The van der Waals surface area contributed by atoms with Crippen LogP contribution in [0.4, 0.5) is 0 Å². The van der Waals surface area contributed by atoms with Gasteiger partial charge in [0.2, 0.25) is 0 Å². The lowest BCUT2D eigenvalue weighted by molar-refractivity contribution is 0.306. The molecule has 1 unspecified atom stereocenters. The van der Waals surface area contributed by atoms with Gasteiger partial charge in [-0.15, -0.1) is 0 Å². The number of rotatable bonds is 3. The molecule has 1 fully saturated rings. The van der Waals surface area contributed by atoms with Gasteiger partial charge in [-0.2, -0.15) is 0 Å². The zero-order valence-electron chi connectivity index (χ0n) is 9.84. The van der Waals surface area contributed by atoms with Crippen molar-refractivity contribution in [1.82, 2.24) is 4.90 Å². The van der Waals surface area contributed by atoms with E-state index in [1.807, 2.05) is 0 Å². The average Bonchev–Trinajstić information content (AvgIpc) is 2.61. The van der Waals surface area contributed by atoms with Gasteiger partial charge < -0.3 is 11.5 Å². The molecule has 3 nitrogen and oxygen atoms in total. The molecule has 3 heteroatoms. The van der Waals surface area contributed by atoms with Gasteiger partial charge in [-0.25, -0.2) is 0 Å². The molecule has 0 spiro atoms. The van der Waals surface area contributed by atoms with Crippen LogP contribution in [0.3, 0.4) is 0 Å². The Morgan fingerprint density at radius 2 is 1.94 bits per heavy atom. The van der Waals surface area contributed by atoms with Gasteiger partial charge in [0.15, 0.2) is 0 Å². The highest BCUT2D eigenvalue weighted by Crippen LogP contribution is 2.24. The number of hydrogen-bond acceptors (Lipinski definition) is 3. The maximum absolute atomic E-state index is 5.79. The monoisotopic (exact) mass is 219 g/mol. The Labute approximate surface area is 97.4 Å². The van der Waals surface area contributed by atoms with E-state index in [9.17, 15) is 0 Å². The van der Waals surface area contributed by atoms with E-state index in [0.717, 1.165) is 19.6 Å². The lowest BCUT2D eigenvalue weighted by Crippen LogP contribution is -2.42. The highest BCUT2D eigenvalue weighted by atomic mass is 15.2. The molecule has 0 bridgehead atoms. The SMILES string of the molecule is C[C@@H]1CN(Cc2ccccc2)CC1C(N)N. The van der Waals surface area contributed by atoms with Gasteiger partial charge in [0.1, 0.15) is 0 Å². The average molecular weight is 219 g/mol. The van der Waals surface area contributed by atoms with Crippen molar-refractivity contribution in [3.8, 4) is 0 Å². The summed E-state index contributed by atoms with van der Waals surface area (Å²) in [6.45, 7) is 5.37. The van der Waals surface area contributed by atoms with Crippen molar-refractivity contribution in [2.45, 2.75) is 19.6 Å². The van der Waals surface area contributed by atoms with E-state index < -0.39 is 0 Å². The molecule has 1 saturated heterocycles. The molecule has 0 radical (unpaired) electrons. The van der Waals surface area contributed by atoms with Crippen LogP contribution in [0.5, 0.6) is 0 Å². The molecule has 88 valence electrons. The summed E-state index contributed by atoms with van der Waals surface area (Å²) in [6, 6.07) is 10.6. The maximum atomic E-state index is 5.79. The smallest absolute Gasteiger partial charge is 0.0565 e. The van der Waals surface area contributed by atoms with Crippen molar-refractivity contribution in [2.24, 2.45) is 23.3 Å². The van der Waals surface area contributed by atoms with Crippen molar-refractivity contribution in [3.63, 3.8) is 0 Å². The maximum Gasteiger partial charge on any atom is 0.0565 e. The van der Waals surface area contributed by atoms with Gasteiger partial charge in [0.05, 0.1) is 6.17 Å². The number of likely N-dealkylation sites (tertiary alicyclic amines) is 1. The summed E-state index contributed by atoms with van der Waals surface area (Å²) in [5.41, 5.74) is 13.0. The second kappa shape index (κ2) is 4.95. The second-order valence-corrected chi connectivity index (χ2v) is 4.90. The molecule has 0 aromatic heterocycles. The van der Waals surface area contributed by atoms with Crippen LogP contribution in [0.25, 0.3) is 0 Å². The van der Waals surface area contributed by atoms with Gasteiger partial charge >= 0.3 is 0 Å². The lowest BCUT2D eigenvalue weighted by Gasteiger charge is -2.18. The van der Waals surface area contributed by atoms with Crippen LogP contribution in [-0.2, 0) is 6.54 Å². The minimum absolute atomic E-state index is 0.184. The molecule has 16 heavy (non-hydrogen) atoms. The predicted octanol–water partition coefficient (Wildman–Crippen LogP) is 0.998. The predicted molar refractivity (Wildman–Crippen MR) is 66.5 cm³/mol. The lowest BCUT2D eigenvalue weighted by atomic mass is 9.96. The van der Waals surface area contributed by atoms with Gasteiger partial charge in [-0.3, -0.25) is 4.90 Å². The fourth-order valence-corrected chi connectivity index (χ4v) is 2.57. The molecule has 2 rings (SSSR count). The number of hydrogen-bond donors (Lipinski definition) is 2. The van der Waals surface area contributed by atoms with Crippen LogP contribution in [0.15, 0.2) is 30.3 Å². The summed E-state index contributed by atoms with van der Waals surface area (Å²) in [5, 5.41) is 0. The van der Waals surface area contributed by atoms with Crippen molar-refractivity contribution in [3.05, 3.63) is 35.9 Å². The third kappa shape index (κ3) is 2.61. The zero-order valence-corrected chi connectivity index (χ0v) is 9.84. The minimum Gasteiger partial charge on any atom is -0.316 e. The first kappa shape index (κ1) is 11.6. The van der Waals surface area contributed by atoms with Crippen molar-refractivity contribution in [2.75, 3.05) is 13.1 Å². The molecular formula is C13H21N3. The Morgan fingerprint density at radius 1 is 1.25 bits per heavy atom. The van der Waals surface area contributed by atoms with Gasteiger partial charge in [-0.05, 0) is 11.5 Å². The standard InChI is InChI=1S/C13H21N3/c1-10-7-16(9-12(10)13(14)15)8-11-5-3-2-4-6-11/h2-6,10,12-13H,7-9,14-15H2,1H3/t10-,12?/m1/s1. The Bertz CT molecular complexity index is 323. The van der Waals surface area contributed by atoms with Crippen LogP contribution >= 0.6 is 0 Å². The zero-order chi connectivity index (χ0) is 11.5. The first-order valence-corrected chi connectivity index (χ1v) is 5.94. The minimum atomic E-state index is -0.184. The third-order valence-electron chi connectivity index (χ3n) is 3.49. The molecule has 1 heterocycles. The molecule has 2 atom stereocenters. The van der Waals surface area contributed by atoms with Crippen molar-refractivity contribution >= 4 is 0 Å². The molecule has 1 aromatic rings. The highest BCUT2D eigenvalue weighted by Gasteiger charge is 2.31. The summed E-state index contributed by atoms with van der Waals surface area (Å²) in [7, 11) is 0. The highest BCUT2D eigenvalue weighted by molar-refractivity contribution is 5.14. The van der Waals surface area contributed by atoms with Crippen molar-refractivity contribution < 1.29 is 0 Å².